The van der Waals surface area contributed by atoms with Crippen molar-refractivity contribution in [1.82, 2.24) is 0 Å². The van der Waals surface area contributed by atoms with Gasteiger partial charge >= 0.3 is 0 Å². The van der Waals surface area contributed by atoms with Gasteiger partial charge in [-0.3, -0.25) is 0 Å². The van der Waals surface area contributed by atoms with E-state index < -0.39 is 0 Å². The van der Waals surface area contributed by atoms with Gasteiger partial charge in [0.2, 0.25) is 0 Å². The number of unbranched alkanes of at least 4 members (excludes halogenated alkanes) is 9. The molecule has 0 unspecified atom stereocenters. The van der Waals surface area contributed by atoms with Crippen LogP contribution in [0.5, 0.6) is 0 Å². The molecule has 0 spiro atoms. The van der Waals surface area contributed by atoms with E-state index in [1.54, 1.807) is 0 Å². The molecule has 0 aromatic heterocycles. The van der Waals surface area contributed by atoms with E-state index in [4.69, 9.17) is 0 Å². The topological polar surface area (TPSA) is 40.5 Å². The molecule has 0 aliphatic rings. The Balaban J connectivity index is 0.00000676. The molecule has 1 aromatic carbocycles. The highest BCUT2D eigenvalue weighted by Gasteiger charge is 2.26. The summed E-state index contributed by atoms with van der Waals surface area (Å²) in [6, 6.07) is 10.5. The largest absolute Gasteiger partial charge is 1.00 e. The third kappa shape index (κ3) is 12.6. The highest BCUT2D eigenvalue weighted by molar-refractivity contribution is 5.13. The second kappa shape index (κ2) is 17.7. The van der Waals surface area contributed by atoms with E-state index in [0.717, 1.165) is 30.7 Å². The lowest BCUT2D eigenvalue weighted by Crippen LogP contribution is -3.00. The molecule has 1 aromatic rings. The van der Waals surface area contributed by atoms with Crippen molar-refractivity contribution < 1.29 is 31.7 Å². The number of benzene rings is 1. The Labute approximate surface area is 178 Å². The van der Waals surface area contributed by atoms with Crippen LogP contribution >= 0.6 is 0 Å². The molecule has 0 radical (unpaired) electrons. The number of aliphatic hydroxyl groups is 2. The molecule has 0 atom stereocenters. The Morgan fingerprint density at radius 3 is 1.63 bits per heavy atom. The third-order valence-corrected chi connectivity index (χ3v) is 5.50. The van der Waals surface area contributed by atoms with Crippen LogP contribution in [0.15, 0.2) is 30.3 Å². The summed E-state index contributed by atoms with van der Waals surface area (Å²) in [4.78, 5) is 0. The molecular weight excluding hydrogens is 402 g/mol. The predicted molar refractivity (Wildman–Crippen MR) is 111 cm³/mol. The maximum absolute atomic E-state index is 9.57. The summed E-state index contributed by atoms with van der Waals surface area (Å²) in [6.07, 6.45) is 13.4. The van der Waals surface area contributed by atoms with Gasteiger partial charge < -0.3 is 31.7 Å². The summed E-state index contributed by atoms with van der Waals surface area (Å²) in [6.45, 7) is 6.05. The SMILES string of the molecule is CCCCCCCCCCCC[N+](CCO)(CCO)Cc1ccccc1.[Br-]. The van der Waals surface area contributed by atoms with Crippen molar-refractivity contribution >= 4 is 0 Å². The van der Waals surface area contributed by atoms with E-state index in [9.17, 15) is 10.2 Å². The molecule has 0 aliphatic heterocycles. The standard InChI is InChI=1S/C23H42NO2.BrH/c1-2-3-4-5-6-7-8-9-10-14-17-24(18-20-25,19-21-26)22-23-15-12-11-13-16-23;/h11-13,15-16,25-26H,2-10,14,17-22H2,1H3;1H/q+1;/p-1. The van der Waals surface area contributed by atoms with E-state index >= 15 is 0 Å². The summed E-state index contributed by atoms with van der Waals surface area (Å²) < 4.78 is 0.800. The number of nitrogens with zero attached hydrogens (tertiary/aromatic N) is 1. The van der Waals surface area contributed by atoms with E-state index in [2.05, 4.69) is 31.2 Å². The molecule has 0 saturated carbocycles. The quantitative estimate of drug-likeness (QED) is 0.285. The molecule has 0 bridgehead atoms. The average Bonchev–Trinajstić information content (AvgIpc) is 2.64. The molecule has 0 saturated heterocycles. The summed E-state index contributed by atoms with van der Waals surface area (Å²) in [7, 11) is 0. The van der Waals surface area contributed by atoms with E-state index in [1.165, 1.54) is 69.8 Å². The van der Waals surface area contributed by atoms with E-state index in [1.807, 2.05) is 6.07 Å². The fraction of sp³-hybridized carbons (Fsp3) is 0.739. The van der Waals surface area contributed by atoms with Gasteiger partial charge in [-0.05, 0) is 12.8 Å². The molecular formula is C23H42BrNO2. The lowest BCUT2D eigenvalue weighted by atomic mass is 10.1. The van der Waals surface area contributed by atoms with Crippen LogP contribution in [-0.2, 0) is 6.54 Å². The van der Waals surface area contributed by atoms with Gasteiger partial charge in [0, 0.05) is 5.56 Å². The fourth-order valence-electron chi connectivity index (χ4n) is 3.90. The van der Waals surface area contributed by atoms with Crippen LogP contribution in [0.2, 0.25) is 0 Å². The first-order valence-corrected chi connectivity index (χ1v) is 10.9. The average molecular weight is 444 g/mol. The number of rotatable bonds is 17. The minimum absolute atomic E-state index is 0. The lowest BCUT2D eigenvalue weighted by molar-refractivity contribution is -0.941. The van der Waals surface area contributed by atoms with Crippen LogP contribution in [-0.4, -0.2) is 47.5 Å². The summed E-state index contributed by atoms with van der Waals surface area (Å²) >= 11 is 0. The zero-order chi connectivity index (χ0) is 18.9. The van der Waals surface area contributed by atoms with Gasteiger partial charge in [0.25, 0.3) is 0 Å². The Bertz CT molecular complexity index is 422. The van der Waals surface area contributed by atoms with Gasteiger partial charge in [0.15, 0.2) is 0 Å². The smallest absolute Gasteiger partial charge is 0.104 e. The zero-order valence-electron chi connectivity index (χ0n) is 17.4. The van der Waals surface area contributed by atoms with Crippen molar-refractivity contribution in [2.75, 3.05) is 32.8 Å². The fourth-order valence-corrected chi connectivity index (χ4v) is 3.90. The molecule has 158 valence electrons. The van der Waals surface area contributed by atoms with Crippen LogP contribution < -0.4 is 17.0 Å². The van der Waals surface area contributed by atoms with Crippen LogP contribution in [0.1, 0.15) is 76.7 Å². The summed E-state index contributed by atoms with van der Waals surface area (Å²) in [5.41, 5.74) is 1.29. The maximum Gasteiger partial charge on any atom is 0.104 e. The second-order valence-corrected chi connectivity index (χ2v) is 7.79. The number of hydrogen-bond acceptors (Lipinski definition) is 2. The first-order valence-electron chi connectivity index (χ1n) is 10.9. The van der Waals surface area contributed by atoms with Gasteiger partial charge in [-0.1, -0.05) is 88.6 Å². The molecule has 1 rings (SSSR count). The van der Waals surface area contributed by atoms with Crippen molar-refractivity contribution in [2.24, 2.45) is 0 Å². The molecule has 27 heavy (non-hydrogen) atoms. The van der Waals surface area contributed by atoms with E-state index in [0.29, 0.717) is 0 Å². The molecule has 0 amide bonds. The monoisotopic (exact) mass is 443 g/mol. The number of quaternary nitrogens is 1. The third-order valence-electron chi connectivity index (χ3n) is 5.50. The van der Waals surface area contributed by atoms with Crippen LogP contribution in [0.3, 0.4) is 0 Å². The van der Waals surface area contributed by atoms with Crippen molar-refractivity contribution in [3.05, 3.63) is 35.9 Å². The highest BCUT2D eigenvalue weighted by atomic mass is 79.9. The maximum atomic E-state index is 9.57. The number of aliphatic hydroxyl groups excluding tert-OH is 2. The van der Waals surface area contributed by atoms with E-state index in [-0.39, 0.29) is 30.2 Å². The van der Waals surface area contributed by atoms with Crippen LogP contribution in [0, 0.1) is 0 Å². The molecule has 0 aliphatic carbocycles. The number of hydrogen-bond donors (Lipinski definition) is 2. The first-order chi connectivity index (χ1) is 12.8. The Morgan fingerprint density at radius 1 is 0.667 bits per heavy atom. The van der Waals surface area contributed by atoms with Crippen molar-refractivity contribution in [1.29, 1.82) is 0 Å². The molecule has 3 nitrogen and oxygen atoms in total. The zero-order valence-corrected chi connectivity index (χ0v) is 19.0. The summed E-state index contributed by atoms with van der Waals surface area (Å²) in [5.74, 6) is 0. The Kier molecular flexibility index (Phi) is 17.4. The van der Waals surface area contributed by atoms with Crippen molar-refractivity contribution in [2.45, 2.75) is 77.7 Å². The lowest BCUT2D eigenvalue weighted by Gasteiger charge is -2.38. The van der Waals surface area contributed by atoms with Gasteiger partial charge in [-0.25, -0.2) is 0 Å². The Morgan fingerprint density at radius 2 is 1.15 bits per heavy atom. The van der Waals surface area contributed by atoms with Crippen molar-refractivity contribution in [3.8, 4) is 0 Å². The van der Waals surface area contributed by atoms with Gasteiger partial charge in [-0.15, -0.1) is 0 Å². The number of halogens is 1. The Hall–Kier alpha value is -0.420. The second-order valence-electron chi connectivity index (χ2n) is 7.79. The van der Waals surface area contributed by atoms with Crippen molar-refractivity contribution in [3.63, 3.8) is 0 Å². The van der Waals surface area contributed by atoms with Gasteiger partial charge in [0.05, 0.1) is 19.8 Å². The van der Waals surface area contributed by atoms with Crippen LogP contribution in [0.4, 0.5) is 0 Å². The van der Waals surface area contributed by atoms with Crippen LogP contribution in [0.25, 0.3) is 0 Å². The molecule has 2 N–H and O–H groups in total. The van der Waals surface area contributed by atoms with Gasteiger partial charge in [0.1, 0.15) is 19.6 Å². The molecule has 4 heteroatoms. The molecule has 0 fully saturated rings. The normalized spacial score (nSPS) is 11.4. The minimum Gasteiger partial charge on any atom is -1.00 e. The summed E-state index contributed by atoms with van der Waals surface area (Å²) in [5, 5.41) is 19.1. The molecule has 0 heterocycles. The minimum atomic E-state index is 0. The highest BCUT2D eigenvalue weighted by Crippen LogP contribution is 2.18. The van der Waals surface area contributed by atoms with Gasteiger partial charge in [-0.2, -0.15) is 0 Å². The predicted octanol–water partition coefficient (Wildman–Crippen LogP) is 1.91. The first kappa shape index (κ1) is 26.6.